The van der Waals surface area contributed by atoms with Crippen LogP contribution in [0.4, 0.5) is 0 Å². The van der Waals surface area contributed by atoms with E-state index < -0.39 is 0 Å². The van der Waals surface area contributed by atoms with Gasteiger partial charge in [-0.3, -0.25) is 0 Å². The van der Waals surface area contributed by atoms with Gasteiger partial charge in [0.1, 0.15) is 0 Å². The van der Waals surface area contributed by atoms with Gasteiger partial charge in [0, 0.05) is 0 Å². The summed E-state index contributed by atoms with van der Waals surface area (Å²) in [6, 6.07) is 2.35. The van der Waals surface area contributed by atoms with E-state index in [9.17, 15) is 0 Å². The number of rotatable bonds is 7. The molecule has 0 unspecified atom stereocenters. The zero-order valence-corrected chi connectivity index (χ0v) is 12.7. The van der Waals surface area contributed by atoms with Crippen LogP contribution in [-0.4, -0.2) is 0 Å². The van der Waals surface area contributed by atoms with Crippen molar-refractivity contribution in [3.8, 4) is 0 Å². The minimum absolute atomic E-state index is 1.09. The van der Waals surface area contributed by atoms with Crippen LogP contribution in [0, 0.1) is 34.6 Å². The highest BCUT2D eigenvalue weighted by Gasteiger charge is 2.07. The summed E-state index contributed by atoms with van der Waals surface area (Å²) in [5, 5.41) is 0. The second-order valence-electron chi connectivity index (χ2n) is 5.61. The molecule has 1 radical (unpaired) electrons. The molecule has 0 aliphatic carbocycles. The van der Waals surface area contributed by atoms with Gasteiger partial charge in [-0.05, 0) is 68.4 Å². The van der Waals surface area contributed by atoms with Crippen LogP contribution in [0.15, 0.2) is 6.07 Å². The smallest absolute Gasteiger partial charge is 0.0274 e. The van der Waals surface area contributed by atoms with Crippen molar-refractivity contribution in [2.75, 3.05) is 0 Å². The van der Waals surface area contributed by atoms with E-state index in [0.717, 1.165) is 6.42 Å². The van der Waals surface area contributed by atoms with Crippen LogP contribution in [0.2, 0.25) is 0 Å². The van der Waals surface area contributed by atoms with Crippen molar-refractivity contribution in [2.45, 2.75) is 72.6 Å². The Bertz CT molecular complexity index is 374. The first-order valence-corrected chi connectivity index (χ1v) is 7.43. The maximum Gasteiger partial charge on any atom is -0.0274 e. The highest BCUT2D eigenvalue weighted by atomic mass is 14.1. The Labute approximate surface area is 114 Å². The lowest BCUT2D eigenvalue weighted by Gasteiger charge is -2.15. The Hall–Kier alpha value is -0.780. The summed E-state index contributed by atoms with van der Waals surface area (Å²) in [5.74, 6) is 0. The minimum Gasteiger partial charge on any atom is -0.0558 e. The van der Waals surface area contributed by atoms with Crippen LogP contribution in [0.25, 0.3) is 0 Å². The average Bonchev–Trinajstić information content (AvgIpc) is 2.34. The highest BCUT2D eigenvalue weighted by Crippen LogP contribution is 2.23. The van der Waals surface area contributed by atoms with Crippen LogP contribution in [0.3, 0.4) is 0 Å². The van der Waals surface area contributed by atoms with E-state index in [4.69, 9.17) is 0 Å². The quantitative estimate of drug-likeness (QED) is 0.545. The first kappa shape index (κ1) is 15.3. The van der Waals surface area contributed by atoms with Gasteiger partial charge in [0.15, 0.2) is 0 Å². The lowest BCUT2D eigenvalue weighted by atomic mass is 9.91. The van der Waals surface area contributed by atoms with Crippen LogP contribution in [0.5, 0.6) is 0 Å². The predicted octanol–water partition coefficient (Wildman–Crippen LogP) is 5.64. The largest absolute Gasteiger partial charge is 0.0558 e. The molecule has 0 bridgehead atoms. The van der Waals surface area contributed by atoms with Gasteiger partial charge >= 0.3 is 0 Å². The molecule has 1 aromatic rings. The summed E-state index contributed by atoms with van der Waals surface area (Å²) in [6.45, 7) is 12.9. The third-order valence-corrected chi connectivity index (χ3v) is 4.19. The van der Waals surface area contributed by atoms with Crippen molar-refractivity contribution in [3.05, 3.63) is 40.8 Å². The molecular weight excluding hydrogens is 216 g/mol. The summed E-state index contributed by atoms with van der Waals surface area (Å²) >= 11 is 0. The number of hydrogen-bond donors (Lipinski definition) is 0. The molecule has 1 rings (SSSR count). The number of aryl methyl sites for hydroxylation is 2. The van der Waals surface area contributed by atoms with Crippen molar-refractivity contribution in [2.24, 2.45) is 0 Å². The van der Waals surface area contributed by atoms with Gasteiger partial charge in [-0.25, -0.2) is 0 Å². The van der Waals surface area contributed by atoms with E-state index in [-0.39, 0.29) is 0 Å². The van der Waals surface area contributed by atoms with Crippen molar-refractivity contribution in [1.29, 1.82) is 0 Å². The third kappa shape index (κ3) is 4.15. The van der Waals surface area contributed by atoms with Gasteiger partial charge in [-0.2, -0.15) is 0 Å². The van der Waals surface area contributed by atoms with Gasteiger partial charge in [-0.15, -0.1) is 0 Å². The molecule has 0 amide bonds. The monoisotopic (exact) mass is 245 g/mol. The van der Waals surface area contributed by atoms with Crippen molar-refractivity contribution in [1.82, 2.24) is 0 Å². The van der Waals surface area contributed by atoms with Gasteiger partial charge in [-0.1, -0.05) is 45.1 Å². The van der Waals surface area contributed by atoms with Crippen molar-refractivity contribution in [3.63, 3.8) is 0 Å². The Morgan fingerprint density at radius 1 is 0.778 bits per heavy atom. The van der Waals surface area contributed by atoms with E-state index >= 15 is 0 Å². The van der Waals surface area contributed by atoms with Crippen LogP contribution in [0.1, 0.15) is 66.3 Å². The molecule has 0 aromatic heterocycles. The summed E-state index contributed by atoms with van der Waals surface area (Å²) in [6.07, 6.45) is 9.07. The van der Waals surface area contributed by atoms with Crippen LogP contribution >= 0.6 is 0 Å². The molecule has 0 heterocycles. The molecule has 0 aliphatic rings. The Morgan fingerprint density at radius 3 is 2.06 bits per heavy atom. The maximum atomic E-state index is 3.89. The minimum atomic E-state index is 1.09. The molecule has 0 heteroatoms. The van der Waals surface area contributed by atoms with E-state index in [1.165, 1.54) is 60.8 Å². The number of benzene rings is 1. The average molecular weight is 245 g/mol. The molecule has 0 spiro atoms. The molecule has 1 aromatic carbocycles. The molecule has 0 fully saturated rings. The summed E-state index contributed by atoms with van der Waals surface area (Å²) in [7, 11) is 0. The normalized spacial score (nSPS) is 10.9. The maximum absolute atomic E-state index is 3.89. The molecule has 0 aliphatic heterocycles. The zero-order chi connectivity index (χ0) is 13.5. The Kier molecular flexibility index (Phi) is 6.46. The number of hydrogen-bond acceptors (Lipinski definition) is 0. The molecule has 0 saturated heterocycles. The standard InChI is InChI=1S/C18H29/c1-6-7-8-9-10-11-12-18-15(3)13-14(2)16(4)17(18)5/h13H,1,6-12H2,2-5H3. The lowest BCUT2D eigenvalue weighted by Crippen LogP contribution is -1.99. The van der Waals surface area contributed by atoms with E-state index in [1.54, 1.807) is 5.56 Å². The third-order valence-electron chi connectivity index (χ3n) is 4.19. The Morgan fingerprint density at radius 2 is 1.39 bits per heavy atom. The first-order chi connectivity index (χ1) is 8.57. The summed E-state index contributed by atoms with van der Waals surface area (Å²) < 4.78 is 0. The second-order valence-corrected chi connectivity index (χ2v) is 5.61. The molecule has 18 heavy (non-hydrogen) atoms. The van der Waals surface area contributed by atoms with Crippen molar-refractivity contribution < 1.29 is 0 Å². The fourth-order valence-electron chi connectivity index (χ4n) is 2.73. The zero-order valence-electron chi connectivity index (χ0n) is 12.7. The van der Waals surface area contributed by atoms with Crippen molar-refractivity contribution >= 4 is 0 Å². The molecule has 0 nitrogen and oxygen atoms in total. The molecule has 0 atom stereocenters. The van der Waals surface area contributed by atoms with E-state index in [0.29, 0.717) is 0 Å². The van der Waals surface area contributed by atoms with E-state index in [2.05, 4.69) is 40.7 Å². The number of unbranched alkanes of at least 4 members (excludes halogenated alkanes) is 5. The molecule has 101 valence electrons. The highest BCUT2D eigenvalue weighted by molar-refractivity contribution is 5.43. The summed E-state index contributed by atoms with van der Waals surface area (Å²) in [5.41, 5.74) is 7.51. The second kappa shape index (κ2) is 7.61. The SMILES string of the molecule is [CH2]CCCCCCCc1c(C)cc(C)c(C)c1C. The first-order valence-electron chi connectivity index (χ1n) is 7.43. The van der Waals surface area contributed by atoms with E-state index in [1.807, 2.05) is 0 Å². The summed E-state index contributed by atoms with van der Waals surface area (Å²) in [4.78, 5) is 0. The van der Waals surface area contributed by atoms with Crippen LogP contribution < -0.4 is 0 Å². The Balaban J connectivity index is 2.50. The van der Waals surface area contributed by atoms with Gasteiger partial charge in [0.25, 0.3) is 0 Å². The molecule has 0 saturated carbocycles. The van der Waals surface area contributed by atoms with Gasteiger partial charge < -0.3 is 0 Å². The van der Waals surface area contributed by atoms with Crippen LogP contribution in [-0.2, 0) is 6.42 Å². The predicted molar refractivity (Wildman–Crippen MR) is 82.2 cm³/mol. The lowest BCUT2D eigenvalue weighted by molar-refractivity contribution is 0.615. The molecular formula is C18H29. The van der Waals surface area contributed by atoms with Gasteiger partial charge in [0.05, 0.1) is 0 Å². The fourth-order valence-corrected chi connectivity index (χ4v) is 2.73. The molecule has 0 N–H and O–H groups in total. The fraction of sp³-hybridized carbons (Fsp3) is 0.611. The topological polar surface area (TPSA) is 0 Å². The van der Waals surface area contributed by atoms with Gasteiger partial charge in [0.2, 0.25) is 0 Å².